The second kappa shape index (κ2) is 4.58. The number of hydrogen-bond donors (Lipinski definition) is 3. The lowest BCUT2D eigenvalue weighted by Crippen LogP contribution is -2.58. The Balaban J connectivity index is 2.09. The van der Waals surface area contributed by atoms with Gasteiger partial charge in [0.15, 0.2) is 5.79 Å². The minimum Gasteiger partial charge on any atom is -0.396 e. The molecule has 0 amide bonds. The van der Waals surface area contributed by atoms with E-state index in [1.54, 1.807) is 0 Å². The van der Waals surface area contributed by atoms with Crippen molar-refractivity contribution in [2.45, 2.75) is 62.8 Å². The van der Waals surface area contributed by atoms with Gasteiger partial charge in [-0.25, -0.2) is 0 Å². The molecule has 5 atom stereocenters. The molecule has 2 aliphatic heterocycles. The highest BCUT2D eigenvalue weighted by Crippen LogP contribution is 2.41. The molecule has 0 saturated carbocycles. The van der Waals surface area contributed by atoms with Gasteiger partial charge in [0, 0.05) is 19.4 Å². The van der Waals surface area contributed by atoms with Gasteiger partial charge in [-0.15, -0.1) is 0 Å². The fourth-order valence-corrected chi connectivity index (χ4v) is 2.58. The topological polar surface area (TPSA) is 79.2 Å². The molecule has 0 radical (unpaired) electrons. The van der Waals surface area contributed by atoms with Crippen molar-refractivity contribution in [1.29, 1.82) is 0 Å². The van der Waals surface area contributed by atoms with E-state index in [9.17, 15) is 10.2 Å². The molecule has 0 aromatic rings. The molecule has 2 aliphatic rings. The van der Waals surface area contributed by atoms with E-state index < -0.39 is 18.0 Å². The molecule has 5 nitrogen and oxygen atoms in total. The molecule has 1 spiro atoms. The fourth-order valence-electron chi connectivity index (χ4n) is 2.58. The maximum absolute atomic E-state index is 9.97. The average Bonchev–Trinajstić information content (AvgIpc) is 2.58. The lowest BCUT2D eigenvalue weighted by Gasteiger charge is -2.44. The van der Waals surface area contributed by atoms with E-state index in [0.29, 0.717) is 19.3 Å². The average molecular weight is 232 g/mol. The third kappa shape index (κ3) is 2.10. The molecule has 16 heavy (non-hydrogen) atoms. The zero-order valence-corrected chi connectivity index (χ0v) is 9.50. The standard InChI is InChI=1S/C11H20O5/c1-7-2-4-11(15-7)10(14)9(13)6-8(16-11)3-5-12/h7-10,12-14H,2-6H2,1H3/t7?,8?,9?,10?,11-/m1/s1. The summed E-state index contributed by atoms with van der Waals surface area (Å²) in [7, 11) is 0. The first kappa shape index (κ1) is 12.3. The molecule has 3 N–H and O–H groups in total. The van der Waals surface area contributed by atoms with Gasteiger partial charge in [0.1, 0.15) is 6.10 Å². The minimum atomic E-state index is -1.06. The third-order valence-corrected chi connectivity index (χ3v) is 3.44. The number of aliphatic hydroxyl groups excluding tert-OH is 3. The van der Waals surface area contributed by atoms with Crippen LogP contribution in [0.3, 0.4) is 0 Å². The van der Waals surface area contributed by atoms with Gasteiger partial charge < -0.3 is 24.8 Å². The lowest BCUT2D eigenvalue weighted by atomic mass is 9.92. The summed E-state index contributed by atoms with van der Waals surface area (Å²) in [6, 6.07) is 0. The summed E-state index contributed by atoms with van der Waals surface area (Å²) in [6.07, 6.45) is 0.181. The first-order chi connectivity index (χ1) is 7.57. The summed E-state index contributed by atoms with van der Waals surface area (Å²) in [6.45, 7) is 1.94. The highest BCUT2D eigenvalue weighted by molar-refractivity contribution is 4.95. The molecular formula is C11H20O5. The van der Waals surface area contributed by atoms with E-state index in [-0.39, 0.29) is 18.8 Å². The Morgan fingerprint density at radius 3 is 2.62 bits per heavy atom. The Labute approximate surface area is 95.0 Å². The van der Waals surface area contributed by atoms with E-state index in [4.69, 9.17) is 14.6 Å². The first-order valence-corrected chi connectivity index (χ1v) is 5.90. The van der Waals surface area contributed by atoms with Crippen molar-refractivity contribution >= 4 is 0 Å². The largest absolute Gasteiger partial charge is 0.396 e. The molecule has 0 bridgehead atoms. The number of hydrogen-bond acceptors (Lipinski definition) is 5. The number of rotatable bonds is 2. The maximum Gasteiger partial charge on any atom is 0.197 e. The van der Waals surface area contributed by atoms with E-state index in [1.807, 2.05) is 6.92 Å². The molecule has 2 heterocycles. The van der Waals surface area contributed by atoms with Crippen LogP contribution in [0.15, 0.2) is 0 Å². The van der Waals surface area contributed by atoms with Crippen molar-refractivity contribution < 1.29 is 24.8 Å². The van der Waals surface area contributed by atoms with Gasteiger partial charge >= 0.3 is 0 Å². The predicted octanol–water partition coefficient (Wildman–Crippen LogP) is -0.225. The van der Waals surface area contributed by atoms with Crippen molar-refractivity contribution in [2.75, 3.05) is 6.61 Å². The van der Waals surface area contributed by atoms with Gasteiger partial charge in [0.05, 0.1) is 18.3 Å². The van der Waals surface area contributed by atoms with Crippen LogP contribution in [-0.2, 0) is 9.47 Å². The van der Waals surface area contributed by atoms with E-state index in [0.717, 1.165) is 6.42 Å². The van der Waals surface area contributed by atoms with E-state index in [1.165, 1.54) is 0 Å². The molecule has 2 fully saturated rings. The predicted molar refractivity (Wildman–Crippen MR) is 55.7 cm³/mol. The van der Waals surface area contributed by atoms with Crippen LogP contribution in [0, 0.1) is 0 Å². The zero-order valence-electron chi connectivity index (χ0n) is 9.50. The van der Waals surface area contributed by atoms with Crippen LogP contribution in [0.1, 0.15) is 32.6 Å². The first-order valence-electron chi connectivity index (χ1n) is 5.90. The second-order valence-electron chi connectivity index (χ2n) is 4.78. The number of ether oxygens (including phenoxy) is 2. The van der Waals surface area contributed by atoms with Crippen LogP contribution in [0.5, 0.6) is 0 Å². The molecule has 0 aromatic heterocycles. The monoisotopic (exact) mass is 232 g/mol. The molecule has 4 unspecified atom stereocenters. The Hall–Kier alpha value is -0.200. The van der Waals surface area contributed by atoms with Gasteiger partial charge in [-0.3, -0.25) is 0 Å². The molecule has 2 saturated heterocycles. The molecule has 2 rings (SSSR count). The summed E-state index contributed by atoms with van der Waals surface area (Å²) in [5, 5.41) is 28.7. The Bertz CT molecular complexity index is 247. The highest BCUT2D eigenvalue weighted by Gasteiger charge is 2.53. The normalized spacial score (nSPS) is 48.8. The van der Waals surface area contributed by atoms with Gasteiger partial charge in [0.25, 0.3) is 0 Å². The van der Waals surface area contributed by atoms with Crippen molar-refractivity contribution in [3.05, 3.63) is 0 Å². The fraction of sp³-hybridized carbons (Fsp3) is 1.00. The summed E-state index contributed by atoms with van der Waals surface area (Å²) in [5.41, 5.74) is 0. The van der Waals surface area contributed by atoms with Crippen molar-refractivity contribution in [3.63, 3.8) is 0 Å². The molecular weight excluding hydrogens is 212 g/mol. The SMILES string of the molecule is CC1CC[C@@]2(O1)OC(CCO)CC(O)C2O. The quantitative estimate of drug-likeness (QED) is 0.613. The summed E-state index contributed by atoms with van der Waals surface area (Å²) in [5.74, 6) is -1.06. The molecule has 0 aliphatic carbocycles. The highest BCUT2D eigenvalue weighted by atomic mass is 16.7. The van der Waals surface area contributed by atoms with Crippen molar-refractivity contribution in [2.24, 2.45) is 0 Å². The van der Waals surface area contributed by atoms with Gasteiger partial charge in [0.2, 0.25) is 0 Å². The van der Waals surface area contributed by atoms with Gasteiger partial charge in [-0.1, -0.05) is 0 Å². The van der Waals surface area contributed by atoms with E-state index >= 15 is 0 Å². The molecule has 0 aromatic carbocycles. The van der Waals surface area contributed by atoms with Gasteiger partial charge in [-0.2, -0.15) is 0 Å². The summed E-state index contributed by atoms with van der Waals surface area (Å²) < 4.78 is 11.4. The van der Waals surface area contributed by atoms with Crippen LogP contribution in [0.2, 0.25) is 0 Å². The summed E-state index contributed by atoms with van der Waals surface area (Å²) >= 11 is 0. The van der Waals surface area contributed by atoms with E-state index in [2.05, 4.69) is 0 Å². The molecule has 94 valence electrons. The third-order valence-electron chi connectivity index (χ3n) is 3.44. The van der Waals surface area contributed by atoms with Crippen LogP contribution >= 0.6 is 0 Å². The van der Waals surface area contributed by atoms with Crippen molar-refractivity contribution in [3.8, 4) is 0 Å². The van der Waals surface area contributed by atoms with Crippen molar-refractivity contribution in [1.82, 2.24) is 0 Å². The smallest absolute Gasteiger partial charge is 0.197 e. The lowest BCUT2D eigenvalue weighted by molar-refractivity contribution is -0.331. The van der Waals surface area contributed by atoms with Crippen LogP contribution in [0.25, 0.3) is 0 Å². The second-order valence-corrected chi connectivity index (χ2v) is 4.78. The molecule has 5 heteroatoms. The Morgan fingerprint density at radius 2 is 2.06 bits per heavy atom. The number of aliphatic hydroxyl groups is 3. The Kier molecular flexibility index (Phi) is 3.51. The summed E-state index contributed by atoms with van der Waals surface area (Å²) in [4.78, 5) is 0. The van der Waals surface area contributed by atoms with Crippen LogP contribution in [0.4, 0.5) is 0 Å². The maximum atomic E-state index is 9.97. The van der Waals surface area contributed by atoms with Gasteiger partial charge in [-0.05, 0) is 19.8 Å². The van der Waals surface area contributed by atoms with Crippen LogP contribution < -0.4 is 0 Å². The zero-order chi connectivity index (χ0) is 11.8. The minimum absolute atomic E-state index is 0.0130. The van der Waals surface area contributed by atoms with Crippen LogP contribution in [-0.4, -0.2) is 52.1 Å². The Morgan fingerprint density at radius 1 is 1.31 bits per heavy atom.